The van der Waals surface area contributed by atoms with Gasteiger partial charge in [0, 0.05) is 13.0 Å². The zero-order chi connectivity index (χ0) is 16.2. The summed E-state index contributed by atoms with van der Waals surface area (Å²) in [7, 11) is 0. The molecule has 0 spiro atoms. The summed E-state index contributed by atoms with van der Waals surface area (Å²) in [4.78, 5) is 25.9. The highest BCUT2D eigenvalue weighted by Crippen LogP contribution is 2.22. The van der Waals surface area contributed by atoms with Crippen molar-refractivity contribution in [3.63, 3.8) is 0 Å². The quantitative estimate of drug-likeness (QED) is 0.920. The molecule has 1 saturated heterocycles. The Morgan fingerprint density at radius 1 is 1.30 bits per heavy atom. The Balaban J connectivity index is 1.61. The molecule has 5 nitrogen and oxygen atoms in total. The van der Waals surface area contributed by atoms with Crippen LogP contribution in [0.2, 0.25) is 0 Å². The summed E-state index contributed by atoms with van der Waals surface area (Å²) in [5, 5.41) is 2.80. The van der Waals surface area contributed by atoms with Gasteiger partial charge < -0.3 is 14.6 Å². The van der Waals surface area contributed by atoms with Crippen LogP contribution in [0.15, 0.2) is 47.1 Å². The lowest BCUT2D eigenvalue weighted by Crippen LogP contribution is -2.44. The topological polar surface area (TPSA) is 62.6 Å². The molecule has 0 radical (unpaired) electrons. The molecule has 0 saturated carbocycles. The Bertz CT molecular complexity index is 682. The highest BCUT2D eigenvalue weighted by Gasteiger charge is 2.36. The van der Waals surface area contributed by atoms with Crippen molar-refractivity contribution in [2.24, 2.45) is 0 Å². The molecule has 2 heterocycles. The molecule has 1 N–H and O–H groups in total. The summed E-state index contributed by atoms with van der Waals surface area (Å²) in [6.07, 6.45) is 2.39. The van der Waals surface area contributed by atoms with Gasteiger partial charge in [-0.1, -0.05) is 12.1 Å². The van der Waals surface area contributed by atoms with E-state index in [4.69, 9.17) is 4.42 Å². The van der Waals surface area contributed by atoms with Crippen molar-refractivity contribution in [1.82, 2.24) is 10.2 Å². The normalized spacial score (nSPS) is 17.5. The van der Waals surface area contributed by atoms with Crippen LogP contribution in [0, 0.1) is 5.82 Å². The molecule has 0 bridgehead atoms. The monoisotopic (exact) mass is 316 g/mol. The number of carbonyl (C=O) groups is 2. The van der Waals surface area contributed by atoms with Crippen molar-refractivity contribution in [2.75, 3.05) is 0 Å². The molecular formula is C17H17FN2O3. The van der Waals surface area contributed by atoms with Crippen molar-refractivity contribution in [2.45, 2.75) is 32.0 Å². The van der Waals surface area contributed by atoms with Gasteiger partial charge in [-0.15, -0.1) is 0 Å². The number of nitrogens with zero attached hydrogens (tertiary/aromatic N) is 1. The first-order valence-corrected chi connectivity index (χ1v) is 7.47. The predicted octanol–water partition coefficient (Wildman–Crippen LogP) is 2.23. The number of likely N-dealkylation sites (tertiary alicyclic amines) is 1. The fraction of sp³-hybridized carbons (Fsp3) is 0.294. The van der Waals surface area contributed by atoms with Crippen LogP contribution in [-0.4, -0.2) is 22.8 Å². The summed E-state index contributed by atoms with van der Waals surface area (Å²) >= 11 is 0. The molecule has 2 aromatic rings. The fourth-order valence-corrected chi connectivity index (χ4v) is 2.68. The highest BCUT2D eigenvalue weighted by atomic mass is 19.1. The first kappa shape index (κ1) is 15.3. The molecular weight excluding hydrogens is 299 g/mol. The van der Waals surface area contributed by atoms with Crippen molar-refractivity contribution >= 4 is 11.8 Å². The van der Waals surface area contributed by atoms with Crippen LogP contribution in [0.1, 0.15) is 24.2 Å². The van der Waals surface area contributed by atoms with Crippen molar-refractivity contribution in [3.8, 4) is 0 Å². The summed E-state index contributed by atoms with van der Waals surface area (Å²) in [5.41, 5.74) is 0.807. The first-order chi connectivity index (χ1) is 11.1. The third-order valence-electron chi connectivity index (χ3n) is 3.92. The third-order valence-corrected chi connectivity index (χ3v) is 3.92. The van der Waals surface area contributed by atoms with Crippen LogP contribution >= 0.6 is 0 Å². The SMILES string of the molecule is O=C(NCc1ccc(F)cc1)[C@@H]1CCC(=O)N1Cc1ccco1. The Morgan fingerprint density at radius 3 is 2.78 bits per heavy atom. The maximum atomic E-state index is 12.9. The van der Waals surface area contributed by atoms with Crippen LogP contribution in [0.25, 0.3) is 0 Å². The molecule has 1 aromatic heterocycles. The van der Waals surface area contributed by atoms with E-state index >= 15 is 0 Å². The maximum Gasteiger partial charge on any atom is 0.243 e. The minimum Gasteiger partial charge on any atom is -0.467 e. The second kappa shape index (κ2) is 6.64. The van der Waals surface area contributed by atoms with Gasteiger partial charge >= 0.3 is 0 Å². The molecule has 1 fully saturated rings. The van der Waals surface area contributed by atoms with E-state index in [2.05, 4.69) is 5.32 Å². The van der Waals surface area contributed by atoms with Crippen LogP contribution < -0.4 is 5.32 Å². The number of nitrogens with one attached hydrogen (secondary N) is 1. The number of amides is 2. The Morgan fingerprint density at radius 2 is 2.09 bits per heavy atom. The summed E-state index contributed by atoms with van der Waals surface area (Å²) < 4.78 is 18.1. The van der Waals surface area contributed by atoms with Crippen LogP contribution in [0.4, 0.5) is 4.39 Å². The van der Waals surface area contributed by atoms with Gasteiger partial charge in [-0.2, -0.15) is 0 Å². The van der Waals surface area contributed by atoms with Gasteiger partial charge in [-0.05, 0) is 36.2 Å². The smallest absolute Gasteiger partial charge is 0.243 e. The molecule has 1 aliphatic heterocycles. The lowest BCUT2D eigenvalue weighted by atomic mass is 10.2. The molecule has 1 aliphatic rings. The van der Waals surface area contributed by atoms with Crippen LogP contribution in [0.3, 0.4) is 0 Å². The molecule has 3 rings (SSSR count). The van der Waals surface area contributed by atoms with E-state index in [1.165, 1.54) is 12.1 Å². The highest BCUT2D eigenvalue weighted by molar-refractivity contribution is 5.90. The van der Waals surface area contributed by atoms with Gasteiger partial charge in [0.15, 0.2) is 0 Å². The van der Waals surface area contributed by atoms with Crippen molar-refractivity contribution in [3.05, 3.63) is 59.8 Å². The number of rotatable bonds is 5. The first-order valence-electron chi connectivity index (χ1n) is 7.47. The number of halogens is 1. The van der Waals surface area contributed by atoms with Gasteiger partial charge in [0.1, 0.15) is 17.6 Å². The van der Waals surface area contributed by atoms with Gasteiger partial charge in [0.25, 0.3) is 0 Å². The van der Waals surface area contributed by atoms with Gasteiger partial charge in [-0.25, -0.2) is 4.39 Å². The Hall–Kier alpha value is -2.63. The second-order valence-corrected chi connectivity index (χ2v) is 5.50. The number of furan rings is 1. The number of hydrogen-bond acceptors (Lipinski definition) is 3. The Labute approximate surface area is 133 Å². The van der Waals surface area contributed by atoms with Crippen LogP contribution in [-0.2, 0) is 22.7 Å². The van der Waals surface area contributed by atoms with Crippen molar-refractivity contribution < 1.29 is 18.4 Å². The predicted molar refractivity (Wildman–Crippen MR) is 80.5 cm³/mol. The molecule has 0 aliphatic carbocycles. The Kier molecular flexibility index (Phi) is 4.41. The minimum atomic E-state index is -0.493. The van der Waals surface area contributed by atoms with E-state index in [-0.39, 0.29) is 17.6 Å². The maximum absolute atomic E-state index is 12.9. The third kappa shape index (κ3) is 3.59. The molecule has 120 valence electrons. The summed E-state index contributed by atoms with van der Waals surface area (Å²) in [6, 6.07) is 8.98. The largest absolute Gasteiger partial charge is 0.467 e. The van der Waals surface area contributed by atoms with Gasteiger partial charge in [-0.3, -0.25) is 9.59 Å². The zero-order valence-corrected chi connectivity index (χ0v) is 12.5. The van der Waals surface area contributed by atoms with E-state index in [9.17, 15) is 14.0 Å². The average molecular weight is 316 g/mol. The van der Waals surface area contributed by atoms with E-state index in [0.717, 1.165) is 5.56 Å². The molecule has 23 heavy (non-hydrogen) atoms. The van der Waals surface area contributed by atoms with E-state index in [1.54, 1.807) is 35.4 Å². The molecule has 1 atom stereocenters. The summed E-state index contributed by atoms with van der Waals surface area (Å²) in [6.45, 7) is 0.596. The minimum absolute atomic E-state index is 0.0525. The molecule has 6 heteroatoms. The number of carbonyl (C=O) groups excluding carboxylic acids is 2. The van der Waals surface area contributed by atoms with Crippen molar-refractivity contribution in [1.29, 1.82) is 0 Å². The second-order valence-electron chi connectivity index (χ2n) is 5.50. The van der Waals surface area contributed by atoms with E-state index in [1.807, 2.05) is 0 Å². The van der Waals surface area contributed by atoms with Crippen LogP contribution in [0.5, 0.6) is 0 Å². The molecule has 2 amide bonds. The van der Waals surface area contributed by atoms with E-state index < -0.39 is 6.04 Å². The molecule has 1 aromatic carbocycles. The van der Waals surface area contributed by atoms with Gasteiger partial charge in [0.05, 0.1) is 12.8 Å². The lowest BCUT2D eigenvalue weighted by molar-refractivity contribution is -0.136. The standard InChI is InChI=1S/C17H17FN2O3/c18-13-5-3-12(4-6-13)10-19-17(22)15-7-8-16(21)20(15)11-14-2-1-9-23-14/h1-6,9,15H,7-8,10-11H2,(H,19,22)/t15-/m0/s1. The molecule has 0 unspecified atom stereocenters. The number of hydrogen-bond donors (Lipinski definition) is 1. The lowest BCUT2D eigenvalue weighted by Gasteiger charge is -2.23. The van der Waals surface area contributed by atoms with Gasteiger partial charge in [0.2, 0.25) is 11.8 Å². The number of benzene rings is 1. The summed E-state index contributed by atoms with van der Waals surface area (Å²) in [5.74, 6) is 0.0812. The average Bonchev–Trinajstić information content (AvgIpc) is 3.18. The fourth-order valence-electron chi connectivity index (χ4n) is 2.68. The zero-order valence-electron chi connectivity index (χ0n) is 12.5. The van der Waals surface area contributed by atoms with E-state index in [0.29, 0.717) is 31.7 Å².